The summed E-state index contributed by atoms with van der Waals surface area (Å²) in [5.41, 5.74) is 0.961. The Balaban J connectivity index is 2.01. The summed E-state index contributed by atoms with van der Waals surface area (Å²) >= 11 is 5.83. The molecular weight excluding hydrogens is 250 g/mol. The van der Waals surface area contributed by atoms with Gasteiger partial charge in [0, 0.05) is 18.7 Å². The largest absolute Gasteiger partial charge is 0.381 e. The molecule has 0 aromatic carbocycles. The van der Waals surface area contributed by atoms with Gasteiger partial charge in [-0.2, -0.15) is 5.10 Å². The fourth-order valence-corrected chi connectivity index (χ4v) is 2.71. The third-order valence-corrected chi connectivity index (χ3v) is 3.96. The lowest BCUT2D eigenvalue weighted by molar-refractivity contribution is -0.0864. The van der Waals surface area contributed by atoms with Gasteiger partial charge in [-0.15, -0.1) is 5.10 Å². The number of aromatic nitrogens is 2. The van der Waals surface area contributed by atoms with E-state index >= 15 is 0 Å². The van der Waals surface area contributed by atoms with Gasteiger partial charge in [-0.05, 0) is 25.7 Å². The lowest BCUT2D eigenvalue weighted by Crippen LogP contribution is -2.43. The van der Waals surface area contributed by atoms with Gasteiger partial charge in [0.25, 0.3) is 0 Å². The number of nitrogens with one attached hydrogen (secondary N) is 1. The summed E-state index contributed by atoms with van der Waals surface area (Å²) in [6.07, 6.45) is 5.86. The molecule has 2 heterocycles. The van der Waals surface area contributed by atoms with E-state index in [4.69, 9.17) is 16.3 Å². The van der Waals surface area contributed by atoms with E-state index in [1.807, 2.05) is 6.07 Å². The fraction of sp³-hybridized carbons (Fsp3) is 0.692. The molecule has 1 aliphatic rings. The maximum absolute atomic E-state index is 5.96. The second-order valence-corrected chi connectivity index (χ2v) is 5.23. The average molecular weight is 270 g/mol. The molecule has 1 saturated heterocycles. The molecule has 1 fully saturated rings. The van der Waals surface area contributed by atoms with Crippen LogP contribution in [0.3, 0.4) is 0 Å². The lowest BCUT2D eigenvalue weighted by Gasteiger charge is -2.40. The summed E-state index contributed by atoms with van der Waals surface area (Å²) < 4.78 is 5.96. The predicted molar refractivity (Wildman–Crippen MR) is 73.0 cm³/mol. The zero-order valence-electron chi connectivity index (χ0n) is 10.9. The van der Waals surface area contributed by atoms with Gasteiger partial charge in [-0.3, -0.25) is 0 Å². The van der Waals surface area contributed by atoms with Gasteiger partial charge in [0.1, 0.15) is 0 Å². The third kappa shape index (κ3) is 3.12. The van der Waals surface area contributed by atoms with Crippen molar-refractivity contribution in [3.8, 4) is 0 Å². The summed E-state index contributed by atoms with van der Waals surface area (Å²) in [4.78, 5) is 0. The lowest BCUT2D eigenvalue weighted by atomic mass is 9.86. The van der Waals surface area contributed by atoms with E-state index < -0.39 is 0 Å². The standard InChI is InChI=1S/C13H20ClN3O/c1-3-13(4-2)8-10(5-6-18-13)16-11-7-12(14)17-15-9-11/h7,9-10H,3-6,8H2,1-2H3,(H,16,17). The molecule has 1 aromatic rings. The van der Waals surface area contributed by atoms with Crippen molar-refractivity contribution in [1.82, 2.24) is 10.2 Å². The van der Waals surface area contributed by atoms with Crippen LogP contribution in [-0.2, 0) is 4.74 Å². The van der Waals surface area contributed by atoms with Gasteiger partial charge in [0.15, 0.2) is 5.15 Å². The van der Waals surface area contributed by atoms with Crippen LogP contribution < -0.4 is 5.32 Å². The van der Waals surface area contributed by atoms with Gasteiger partial charge in [-0.1, -0.05) is 25.4 Å². The fourth-order valence-electron chi connectivity index (χ4n) is 2.55. The monoisotopic (exact) mass is 269 g/mol. The molecule has 0 amide bonds. The minimum Gasteiger partial charge on any atom is -0.381 e. The molecular formula is C13H20ClN3O. The second-order valence-electron chi connectivity index (χ2n) is 4.84. The molecule has 0 spiro atoms. The summed E-state index contributed by atoms with van der Waals surface area (Å²) in [7, 11) is 0. The van der Waals surface area contributed by atoms with Gasteiger partial charge in [-0.25, -0.2) is 0 Å². The number of anilines is 1. The normalized spacial score (nSPS) is 22.7. The maximum atomic E-state index is 5.96. The minimum atomic E-state index is 0.0279. The van der Waals surface area contributed by atoms with Crippen LogP contribution in [0.15, 0.2) is 12.3 Å². The summed E-state index contributed by atoms with van der Waals surface area (Å²) in [6, 6.07) is 2.22. The first-order valence-corrected chi connectivity index (χ1v) is 6.94. The van der Waals surface area contributed by atoms with Gasteiger partial charge < -0.3 is 10.1 Å². The number of hydrogen-bond acceptors (Lipinski definition) is 4. The van der Waals surface area contributed by atoms with Gasteiger partial charge in [0.05, 0.1) is 17.5 Å². The van der Waals surface area contributed by atoms with E-state index in [0.29, 0.717) is 11.2 Å². The number of rotatable bonds is 4. The first-order chi connectivity index (χ1) is 8.67. The Morgan fingerprint density at radius 1 is 1.50 bits per heavy atom. The Labute approximate surface area is 113 Å². The Hall–Kier alpha value is -0.870. The van der Waals surface area contributed by atoms with Crippen LogP contribution in [0.5, 0.6) is 0 Å². The Kier molecular flexibility index (Phi) is 4.40. The zero-order chi connectivity index (χ0) is 13.0. The molecule has 0 saturated carbocycles. The topological polar surface area (TPSA) is 47.0 Å². The zero-order valence-corrected chi connectivity index (χ0v) is 11.7. The smallest absolute Gasteiger partial charge is 0.153 e. The summed E-state index contributed by atoms with van der Waals surface area (Å²) in [5, 5.41) is 11.5. The first-order valence-electron chi connectivity index (χ1n) is 6.56. The molecule has 1 aliphatic heterocycles. The highest BCUT2D eigenvalue weighted by molar-refractivity contribution is 6.29. The Bertz CT molecular complexity index is 396. The van der Waals surface area contributed by atoms with Crippen LogP contribution in [-0.4, -0.2) is 28.4 Å². The first kappa shape index (κ1) is 13.6. The average Bonchev–Trinajstić information content (AvgIpc) is 2.39. The maximum Gasteiger partial charge on any atom is 0.153 e. The van der Waals surface area contributed by atoms with E-state index in [-0.39, 0.29) is 5.60 Å². The second kappa shape index (κ2) is 5.85. The minimum absolute atomic E-state index is 0.0279. The molecule has 5 heteroatoms. The number of halogens is 1. The number of hydrogen-bond donors (Lipinski definition) is 1. The summed E-state index contributed by atoms with van der Waals surface area (Å²) in [6.45, 7) is 5.19. The van der Waals surface area contributed by atoms with Gasteiger partial charge >= 0.3 is 0 Å². The quantitative estimate of drug-likeness (QED) is 0.911. The van der Waals surface area contributed by atoms with Crippen LogP contribution in [0.2, 0.25) is 5.15 Å². The number of nitrogens with zero attached hydrogens (tertiary/aromatic N) is 2. The Morgan fingerprint density at radius 3 is 2.94 bits per heavy atom. The van der Waals surface area contributed by atoms with Crippen LogP contribution in [0.1, 0.15) is 39.5 Å². The highest BCUT2D eigenvalue weighted by Gasteiger charge is 2.34. The molecule has 1 atom stereocenters. The van der Waals surface area contributed by atoms with Crippen molar-refractivity contribution in [3.05, 3.63) is 17.4 Å². The molecule has 0 bridgehead atoms. The van der Waals surface area contributed by atoms with Crippen LogP contribution >= 0.6 is 11.6 Å². The van der Waals surface area contributed by atoms with Crippen molar-refractivity contribution in [1.29, 1.82) is 0 Å². The molecule has 100 valence electrons. The Morgan fingerprint density at radius 2 is 2.28 bits per heavy atom. The van der Waals surface area contributed by atoms with E-state index in [1.165, 1.54) is 0 Å². The SMILES string of the molecule is CCC1(CC)CC(Nc2cnnc(Cl)c2)CCO1. The molecule has 2 rings (SSSR count). The van der Waals surface area contributed by atoms with E-state index in [0.717, 1.165) is 38.0 Å². The molecule has 0 radical (unpaired) electrons. The van der Waals surface area contributed by atoms with Crippen molar-refractivity contribution in [2.24, 2.45) is 0 Å². The number of ether oxygens (including phenoxy) is 1. The van der Waals surface area contributed by atoms with Crippen molar-refractivity contribution in [3.63, 3.8) is 0 Å². The van der Waals surface area contributed by atoms with Crippen molar-refractivity contribution in [2.45, 2.75) is 51.2 Å². The van der Waals surface area contributed by atoms with Gasteiger partial charge in [0.2, 0.25) is 0 Å². The van der Waals surface area contributed by atoms with Crippen LogP contribution in [0, 0.1) is 0 Å². The molecule has 18 heavy (non-hydrogen) atoms. The summed E-state index contributed by atoms with van der Waals surface area (Å²) in [5.74, 6) is 0. The predicted octanol–water partition coefficient (Wildman–Crippen LogP) is 3.28. The van der Waals surface area contributed by atoms with Crippen molar-refractivity contribution >= 4 is 17.3 Å². The van der Waals surface area contributed by atoms with Crippen LogP contribution in [0.4, 0.5) is 5.69 Å². The molecule has 0 aliphatic carbocycles. The van der Waals surface area contributed by atoms with Crippen molar-refractivity contribution < 1.29 is 4.74 Å². The van der Waals surface area contributed by atoms with Crippen LogP contribution in [0.25, 0.3) is 0 Å². The molecule has 1 aromatic heterocycles. The van der Waals surface area contributed by atoms with E-state index in [1.54, 1.807) is 6.20 Å². The third-order valence-electron chi connectivity index (χ3n) is 3.78. The molecule has 1 N–H and O–H groups in total. The van der Waals surface area contributed by atoms with E-state index in [9.17, 15) is 0 Å². The van der Waals surface area contributed by atoms with Crippen molar-refractivity contribution in [2.75, 3.05) is 11.9 Å². The molecule has 4 nitrogen and oxygen atoms in total. The van der Waals surface area contributed by atoms with E-state index in [2.05, 4.69) is 29.4 Å². The molecule has 1 unspecified atom stereocenters. The highest BCUT2D eigenvalue weighted by atomic mass is 35.5. The highest BCUT2D eigenvalue weighted by Crippen LogP contribution is 2.32.